The van der Waals surface area contributed by atoms with Gasteiger partial charge in [0.25, 0.3) is 11.9 Å². The molecule has 0 aliphatic carbocycles. The molecule has 2 aliphatic rings. The van der Waals surface area contributed by atoms with E-state index in [9.17, 15) is 14.9 Å². The number of methoxy groups -OCH3 is 1. The van der Waals surface area contributed by atoms with Gasteiger partial charge in [-0.2, -0.15) is 0 Å². The summed E-state index contributed by atoms with van der Waals surface area (Å²) in [6.45, 7) is 1.86. The Morgan fingerprint density at radius 2 is 2.09 bits per heavy atom. The average Bonchev–Trinajstić information content (AvgIpc) is 2.60. The summed E-state index contributed by atoms with van der Waals surface area (Å²) in [4.78, 5) is 23.8. The molecule has 7 nitrogen and oxygen atoms in total. The number of nitro benzene ring substituents is 1. The third-order valence-corrected chi connectivity index (χ3v) is 4.33. The van der Waals surface area contributed by atoms with E-state index in [1.54, 1.807) is 12.1 Å². The number of piperidine rings is 1. The van der Waals surface area contributed by atoms with Crippen molar-refractivity contribution in [1.29, 1.82) is 0 Å². The quantitative estimate of drug-likeness (QED) is 0.509. The molecule has 1 aromatic rings. The van der Waals surface area contributed by atoms with Gasteiger partial charge in [0.15, 0.2) is 0 Å². The lowest BCUT2D eigenvalue weighted by Crippen LogP contribution is -3.17. The molecule has 122 valence electrons. The van der Waals surface area contributed by atoms with Crippen LogP contribution >= 0.6 is 0 Å². The average molecular weight is 319 g/mol. The minimum Gasteiger partial charge on any atom is -0.465 e. The summed E-state index contributed by atoms with van der Waals surface area (Å²) in [6.07, 6.45) is 4.62. The minimum absolute atomic E-state index is 0.0309. The van der Waals surface area contributed by atoms with E-state index >= 15 is 0 Å². The molecule has 2 aliphatic heterocycles. The number of quaternary nitrogens is 1. The molecule has 0 aromatic heterocycles. The number of esters is 1. The van der Waals surface area contributed by atoms with Crippen LogP contribution in [0.3, 0.4) is 0 Å². The lowest BCUT2D eigenvalue weighted by Gasteiger charge is -2.34. The maximum Gasteiger partial charge on any atom is 0.343 e. The number of non-ortho nitro benzene ring substituents is 1. The topological polar surface area (TPSA) is 83.1 Å². The first-order valence-electron chi connectivity index (χ1n) is 7.69. The van der Waals surface area contributed by atoms with E-state index in [-0.39, 0.29) is 5.69 Å². The Morgan fingerprint density at radius 1 is 1.35 bits per heavy atom. The molecule has 1 atom stereocenters. The highest BCUT2D eigenvalue weighted by molar-refractivity contribution is 5.95. The minimum atomic E-state index is -0.464. The summed E-state index contributed by atoms with van der Waals surface area (Å²) >= 11 is 0. The fourth-order valence-corrected chi connectivity index (χ4v) is 3.16. The van der Waals surface area contributed by atoms with Gasteiger partial charge in [-0.3, -0.25) is 15.0 Å². The van der Waals surface area contributed by atoms with E-state index in [1.807, 2.05) is 0 Å². The molecular formula is C16H19N2O5+. The Kier molecular flexibility index (Phi) is 4.29. The zero-order chi connectivity index (χ0) is 16.4. The maximum absolute atomic E-state index is 12.1. The van der Waals surface area contributed by atoms with Gasteiger partial charge in [0.2, 0.25) is 0 Å². The van der Waals surface area contributed by atoms with Crippen molar-refractivity contribution in [2.45, 2.75) is 25.5 Å². The summed E-state index contributed by atoms with van der Waals surface area (Å²) in [5, 5.41) is 10.9. The second kappa shape index (κ2) is 6.37. The predicted octanol–water partition coefficient (Wildman–Crippen LogP) is 0.938. The standard InChI is InChI=1S/C16H18N2O5/c1-22-16(19)13-10-11-9-12(18(20)21)5-6-14(11)23-15(13)17-7-3-2-4-8-17/h5-6,9-10,15H,2-4,7-8H2,1H3/p+1/t15-/m1/s1. The Labute approximate surface area is 133 Å². The zero-order valence-electron chi connectivity index (χ0n) is 12.9. The molecule has 1 N–H and O–H groups in total. The fourth-order valence-electron chi connectivity index (χ4n) is 3.16. The first-order valence-corrected chi connectivity index (χ1v) is 7.69. The fraction of sp³-hybridized carbons (Fsp3) is 0.438. The molecule has 0 spiro atoms. The number of hydrogen-bond donors (Lipinski definition) is 1. The molecule has 1 aromatic carbocycles. The van der Waals surface area contributed by atoms with Crippen molar-refractivity contribution in [3.05, 3.63) is 39.4 Å². The number of nitrogens with one attached hydrogen (secondary N) is 1. The van der Waals surface area contributed by atoms with E-state index in [1.165, 1.54) is 30.6 Å². The molecule has 1 fully saturated rings. The van der Waals surface area contributed by atoms with Gasteiger partial charge in [-0.1, -0.05) is 0 Å². The van der Waals surface area contributed by atoms with Crippen LogP contribution in [0.1, 0.15) is 24.8 Å². The molecule has 0 saturated carbocycles. The highest BCUT2D eigenvalue weighted by Gasteiger charge is 2.37. The largest absolute Gasteiger partial charge is 0.465 e. The summed E-state index contributed by atoms with van der Waals surface area (Å²) in [5.74, 6) is 0.108. The lowest BCUT2D eigenvalue weighted by atomic mass is 10.0. The molecule has 0 unspecified atom stereocenters. The molecule has 3 rings (SSSR count). The van der Waals surface area contributed by atoms with Crippen LogP contribution in [0, 0.1) is 10.1 Å². The van der Waals surface area contributed by atoms with Gasteiger partial charge in [0.1, 0.15) is 11.3 Å². The number of carbonyl (C=O) groups is 1. The first-order chi connectivity index (χ1) is 11.1. The van der Waals surface area contributed by atoms with Gasteiger partial charge in [-0.05, 0) is 31.4 Å². The second-order valence-electron chi connectivity index (χ2n) is 5.79. The van der Waals surface area contributed by atoms with Crippen LogP contribution in [0.25, 0.3) is 6.08 Å². The number of fused-ring (bicyclic) bond motifs is 1. The molecule has 7 heteroatoms. The van der Waals surface area contributed by atoms with Crippen LogP contribution in [0.2, 0.25) is 0 Å². The Balaban J connectivity index is 1.98. The second-order valence-corrected chi connectivity index (χ2v) is 5.79. The summed E-state index contributed by atoms with van der Waals surface area (Å²) in [6, 6.07) is 4.42. The third kappa shape index (κ3) is 3.05. The number of rotatable bonds is 3. The van der Waals surface area contributed by atoms with Crippen LogP contribution < -0.4 is 9.64 Å². The van der Waals surface area contributed by atoms with Crippen molar-refractivity contribution in [3.63, 3.8) is 0 Å². The van der Waals surface area contributed by atoms with E-state index in [0.29, 0.717) is 16.9 Å². The smallest absolute Gasteiger partial charge is 0.343 e. The molecule has 0 amide bonds. The van der Waals surface area contributed by atoms with Gasteiger partial charge in [-0.15, -0.1) is 0 Å². The van der Waals surface area contributed by atoms with Crippen molar-refractivity contribution in [2.75, 3.05) is 20.2 Å². The van der Waals surface area contributed by atoms with Crippen molar-refractivity contribution in [2.24, 2.45) is 0 Å². The number of nitro groups is 1. The van der Waals surface area contributed by atoms with Crippen LogP contribution in [-0.4, -0.2) is 37.3 Å². The normalized spacial score (nSPS) is 20.9. The van der Waals surface area contributed by atoms with E-state index in [0.717, 1.165) is 25.9 Å². The molecule has 2 heterocycles. The first kappa shape index (κ1) is 15.5. The third-order valence-electron chi connectivity index (χ3n) is 4.33. The van der Waals surface area contributed by atoms with Gasteiger partial charge in [0, 0.05) is 17.7 Å². The van der Waals surface area contributed by atoms with Crippen LogP contribution in [0.5, 0.6) is 5.75 Å². The van der Waals surface area contributed by atoms with Crippen molar-refractivity contribution in [1.82, 2.24) is 0 Å². The van der Waals surface area contributed by atoms with E-state index in [4.69, 9.17) is 9.47 Å². The highest BCUT2D eigenvalue weighted by atomic mass is 16.6. The summed E-state index contributed by atoms with van der Waals surface area (Å²) < 4.78 is 10.9. The molecule has 1 saturated heterocycles. The van der Waals surface area contributed by atoms with Crippen molar-refractivity contribution >= 4 is 17.7 Å². The highest BCUT2D eigenvalue weighted by Crippen LogP contribution is 2.31. The van der Waals surface area contributed by atoms with Gasteiger partial charge in [0.05, 0.1) is 25.1 Å². The van der Waals surface area contributed by atoms with Crippen molar-refractivity contribution in [3.8, 4) is 5.75 Å². The summed E-state index contributed by atoms with van der Waals surface area (Å²) in [7, 11) is 1.33. The van der Waals surface area contributed by atoms with E-state index < -0.39 is 17.1 Å². The molecular weight excluding hydrogens is 300 g/mol. The van der Waals surface area contributed by atoms with Crippen molar-refractivity contribution < 1.29 is 24.1 Å². The van der Waals surface area contributed by atoms with Crippen LogP contribution in [-0.2, 0) is 9.53 Å². The Bertz CT molecular complexity index is 664. The number of benzene rings is 1. The van der Waals surface area contributed by atoms with E-state index in [2.05, 4.69) is 0 Å². The molecule has 0 bridgehead atoms. The van der Waals surface area contributed by atoms with Gasteiger partial charge in [-0.25, -0.2) is 4.79 Å². The zero-order valence-corrected chi connectivity index (χ0v) is 12.9. The number of hydrogen-bond acceptors (Lipinski definition) is 5. The molecule has 23 heavy (non-hydrogen) atoms. The monoisotopic (exact) mass is 319 g/mol. The maximum atomic E-state index is 12.1. The lowest BCUT2D eigenvalue weighted by molar-refractivity contribution is -0.941. The summed E-state index contributed by atoms with van der Waals surface area (Å²) in [5.41, 5.74) is 0.918. The van der Waals surface area contributed by atoms with Crippen LogP contribution in [0.15, 0.2) is 23.8 Å². The number of likely N-dealkylation sites (tertiary alicyclic amines) is 1. The SMILES string of the molecule is COC(=O)C1=Cc2cc([N+](=O)[O-])ccc2O[C@H]1[NH+]1CCCCC1. The number of carbonyl (C=O) groups excluding carboxylic acids is 1. The molecule has 0 radical (unpaired) electrons. The Morgan fingerprint density at radius 3 is 2.74 bits per heavy atom. The number of nitrogens with zero attached hydrogens (tertiary/aromatic N) is 1. The van der Waals surface area contributed by atoms with Crippen LogP contribution in [0.4, 0.5) is 5.69 Å². The Hall–Kier alpha value is -2.41. The predicted molar refractivity (Wildman–Crippen MR) is 82.1 cm³/mol. The van der Waals surface area contributed by atoms with Gasteiger partial charge < -0.3 is 9.47 Å². The number of ether oxygens (including phenoxy) is 2. The van der Waals surface area contributed by atoms with Gasteiger partial charge >= 0.3 is 5.97 Å².